The highest BCUT2D eigenvalue weighted by molar-refractivity contribution is 5.83. The summed E-state index contributed by atoms with van der Waals surface area (Å²) in [7, 11) is 0. The van der Waals surface area contributed by atoms with Crippen molar-refractivity contribution >= 4 is 17.9 Å². The number of ether oxygens (including phenoxy) is 1. The summed E-state index contributed by atoms with van der Waals surface area (Å²) in [5.74, 6) is -5.17. The first-order chi connectivity index (χ1) is 6.47. The van der Waals surface area contributed by atoms with Gasteiger partial charge in [0, 0.05) is 0 Å². The van der Waals surface area contributed by atoms with Crippen molar-refractivity contribution in [3.05, 3.63) is 0 Å². The van der Waals surface area contributed by atoms with Gasteiger partial charge in [-0.05, 0) is 0 Å². The third kappa shape index (κ3) is 4.71. The first-order valence-corrected chi connectivity index (χ1v) is 3.50. The summed E-state index contributed by atoms with van der Waals surface area (Å²) in [5.41, 5.74) is 0. The third-order valence-corrected chi connectivity index (χ3v) is 1.34. The smallest absolute Gasteiger partial charge is 0.322 e. The summed E-state index contributed by atoms with van der Waals surface area (Å²) in [6.45, 7) is 0. The topological polar surface area (TPSA) is 125 Å². The number of carboxylic acids is 2. The number of carbonyl (C=O) groups excluding carboxylic acids is 1. The largest absolute Gasteiger partial charge is 0.481 e. The van der Waals surface area contributed by atoms with Gasteiger partial charge in [0.05, 0.1) is 18.8 Å². The molecule has 76 valence electrons. The number of nitrogens with zero attached hydrogens (tertiary/aromatic N) is 1. The zero-order valence-corrected chi connectivity index (χ0v) is 6.97. The number of hydrogen-bond donors (Lipinski definition) is 2. The normalized spacial score (nSPS) is 11.1. The van der Waals surface area contributed by atoms with Crippen LogP contribution in [0.15, 0.2) is 0 Å². The van der Waals surface area contributed by atoms with E-state index in [-0.39, 0.29) is 0 Å². The van der Waals surface area contributed by atoms with E-state index >= 15 is 0 Å². The average molecular weight is 201 g/mol. The molecule has 0 heterocycles. The molecule has 0 radical (unpaired) electrons. The molecule has 0 amide bonds. The summed E-state index contributed by atoms with van der Waals surface area (Å²) in [6, 6.07) is 0. The molecule has 0 aromatic rings. The molecule has 0 aliphatic carbocycles. The van der Waals surface area contributed by atoms with Crippen LogP contribution in [0.3, 0.4) is 0 Å². The minimum absolute atomic E-state index is 0.630. The molecule has 1 unspecified atom stereocenters. The lowest BCUT2D eigenvalue weighted by Gasteiger charge is -2.05. The molecule has 0 saturated carbocycles. The molecule has 0 aliphatic heterocycles. The standard InChI is InChI=1S/C7H7NO6/c8-3-14-6(11)2-4(7(12)13)1-5(9)10/h4H,1-2H2,(H,9,10)(H,12,13). The van der Waals surface area contributed by atoms with Crippen LogP contribution in [0.5, 0.6) is 0 Å². The highest BCUT2D eigenvalue weighted by Gasteiger charge is 2.24. The highest BCUT2D eigenvalue weighted by Crippen LogP contribution is 2.09. The summed E-state index contributed by atoms with van der Waals surface area (Å²) < 4.78 is 3.81. The van der Waals surface area contributed by atoms with Crippen molar-refractivity contribution in [1.29, 1.82) is 5.26 Å². The van der Waals surface area contributed by atoms with Crippen LogP contribution in [-0.2, 0) is 19.1 Å². The maximum atomic E-state index is 10.6. The fraction of sp³-hybridized carbons (Fsp3) is 0.429. The Morgan fingerprint density at radius 1 is 1.29 bits per heavy atom. The predicted molar refractivity (Wildman–Crippen MR) is 39.7 cm³/mol. The number of esters is 1. The summed E-state index contributed by atoms with van der Waals surface area (Å²) in [6.07, 6.45) is -0.239. The number of aliphatic carboxylic acids is 2. The molecule has 0 rings (SSSR count). The van der Waals surface area contributed by atoms with E-state index in [0.29, 0.717) is 0 Å². The first kappa shape index (κ1) is 11.9. The molecule has 14 heavy (non-hydrogen) atoms. The Hall–Kier alpha value is -2.10. The highest BCUT2D eigenvalue weighted by atomic mass is 16.5. The van der Waals surface area contributed by atoms with Gasteiger partial charge in [-0.25, -0.2) is 0 Å². The van der Waals surface area contributed by atoms with Crippen LogP contribution in [0.25, 0.3) is 0 Å². The first-order valence-electron chi connectivity index (χ1n) is 3.50. The van der Waals surface area contributed by atoms with E-state index in [4.69, 9.17) is 15.5 Å². The van der Waals surface area contributed by atoms with Crippen LogP contribution in [-0.4, -0.2) is 28.1 Å². The molecule has 0 aromatic carbocycles. The average Bonchev–Trinajstić information content (AvgIpc) is 2.02. The molecule has 7 heteroatoms. The van der Waals surface area contributed by atoms with E-state index in [9.17, 15) is 14.4 Å². The van der Waals surface area contributed by atoms with Crippen molar-refractivity contribution in [2.45, 2.75) is 12.8 Å². The number of nitriles is 1. The fourth-order valence-corrected chi connectivity index (χ4v) is 0.751. The zero-order chi connectivity index (χ0) is 11.1. The fourth-order valence-electron chi connectivity index (χ4n) is 0.751. The van der Waals surface area contributed by atoms with Gasteiger partial charge in [0.1, 0.15) is 0 Å². The predicted octanol–water partition coefficient (Wildman–Crippen LogP) is -0.424. The molecular weight excluding hydrogens is 194 g/mol. The van der Waals surface area contributed by atoms with Gasteiger partial charge < -0.3 is 14.9 Å². The minimum Gasteiger partial charge on any atom is -0.481 e. The molecule has 0 spiro atoms. The monoisotopic (exact) mass is 201 g/mol. The number of rotatable bonds is 5. The number of carboxylic acid groups (broad SMARTS) is 2. The molecule has 0 aliphatic rings. The molecule has 0 fully saturated rings. The van der Waals surface area contributed by atoms with Crippen LogP contribution < -0.4 is 0 Å². The van der Waals surface area contributed by atoms with E-state index in [0.717, 1.165) is 6.26 Å². The van der Waals surface area contributed by atoms with Gasteiger partial charge in [0.2, 0.25) is 0 Å². The van der Waals surface area contributed by atoms with Gasteiger partial charge >= 0.3 is 17.9 Å². The van der Waals surface area contributed by atoms with Crippen molar-refractivity contribution in [2.75, 3.05) is 0 Å². The Bertz CT molecular complexity index is 291. The quantitative estimate of drug-likeness (QED) is 0.456. The van der Waals surface area contributed by atoms with Crippen molar-refractivity contribution in [1.82, 2.24) is 0 Å². The van der Waals surface area contributed by atoms with Gasteiger partial charge in [0.25, 0.3) is 6.26 Å². The van der Waals surface area contributed by atoms with E-state index in [1.807, 2.05) is 0 Å². The lowest BCUT2D eigenvalue weighted by Crippen LogP contribution is -2.21. The molecule has 0 saturated heterocycles. The van der Waals surface area contributed by atoms with Gasteiger partial charge in [0.15, 0.2) is 0 Å². The van der Waals surface area contributed by atoms with Crippen molar-refractivity contribution in [2.24, 2.45) is 5.92 Å². The Morgan fingerprint density at radius 2 is 1.86 bits per heavy atom. The summed E-state index contributed by atoms with van der Waals surface area (Å²) in [4.78, 5) is 31.2. The maximum Gasteiger partial charge on any atom is 0.322 e. The lowest BCUT2D eigenvalue weighted by molar-refractivity contribution is -0.152. The van der Waals surface area contributed by atoms with Gasteiger partial charge in [-0.3, -0.25) is 14.4 Å². The minimum atomic E-state index is -1.41. The number of hydrogen-bond acceptors (Lipinski definition) is 5. The molecule has 0 bridgehead atoms. The second-order valence-corrected chi connectivity index (χ2v) is 2.40. The van der Waals surface area contributed by atoms with Gasteiger partial charge in [-0.15, -0.1) is 5.26 Å². The second kappa shape index (κ2) is 5.53. The molecule has 0 aromatic heterocycles. The Balaban J connectivity index is 4.24. The van der Waals surface area contributed by atoms with E-state index in [2.05, 4.69) is 4.74 Å². The van der Waals surface area contributed by atoms with Crippen LogP contribution in [0.1, 0.15) is 12.8 Å². The van der Waals surface area contributed by atoms with Gasteiger partial charge in [-0.1, -0.05) is 0 Å². The van der Waals surface area contributed by atoms with Crippen LogP contribution in [0.2, 0.25) is 0 Å². The van der Waals surface area contributed by atoms with Crippen LogP contribution >= 0.6 is 0 Å². The Kier molecular flexibility index (Phi) is 4.70. The second-order valence-electron chi connectivity index (χ2n) is 2.40. The molecule has 7 nitrogen and oxygen atoms in total. The zero-order valence-electron chi connectivity index (χ0n) is 6.97. The number of carbonyl (C=O) groups is 3. The van der Waals surface area contributed by atoms with E-state index in [1.54, 1.807) is 0 Å². The van der Waals surface area contributed by atoms with E-state index in [1.165, 1.54) is 0 Å². The SMILES string of the molecule is N#COC(=O)CC(CC(=O)O)C(=O)O. The van der Waals surface area contributed by atoms with Crippen molar-refractivity contribution < 1.29 is 29.3 Å². The van der Waals surface area contributed by atoms with Crippen LogP contribution in [0, 0.1) is 17.4 Å². The molecular formula is C7H7NO6. The van der Waals surface area contributed by atoms with Gasteiger partial charge in [-0.2, -0.15) is 0 Å². The summed E-state index contributed by atoms with van der Waals surface area (Å²) >= 11 is 0. The Morgan fingerprint density at radius 3 is 2.21 bits per heavy atom. The molecule has 2 N–H and O–H groups in total. The Labute approximate surface area is 78.5 Å². The third-order valence-electron chi connectivity index (χ3n) is 1.34. The summed E-state index contributed by atoms with van der Waals surface area (Å²) in [5, 5.41) is 24.7. The maximum absolute atomic E-state index is 10.6. The van der Waals surface area contributed by atoms with Crippen molar-refractivity contribution in [3.63, 3.8) is 0 Å². The lowest BCUT2D eigenvalue weighted by atomic mass is 10.0. The van der Waals surface area contributed by atoms with Crippen molar-refractivity contribution in [3.8, 4) is 6.26 Å². The van der Waals surface area contributed by atoms with E-state index < -0.39 is 36.7 Å². The molecule has 1 atom stereocenters. The van der Waals surface area contributed by atoms with Crippen LogP contribution in [0.4, 0.5) is 0 Å².